The molecule has 0 saturated heterocycles. The Hall–Kier alpha value is -1.85. The minimum absolute atomic E-state index is 0.388. The number of carboxylic acid groups (broad SMARTS) is 1. The third kappa shape index (κ3) is 2.88. The Morgan fingerprint density at radius 2 is 1.61 bits per heavy atom. The second kappa shape index (κ2) is 4.80. The number of halogens is 3. The van der Waals surface area contributed by atoms with E-state index in [1.165, 1.54) is 13.8 Å². The lowest BCUT2D eigenvalue weighted by Crippen LogP contribution is -2.27. The Kier molecular flexibility index (Phi) is 3.79. The van der Waals surface area contributed by atoms with Gasteiger partial charge in [0.1, 0.15) is 0 Å². The van der Waals surface area contributed by atoms with E-state index < -0.39 is 41.0 Å². The number of carboxylic acids is 1. The molecule has 0 radical (unpaired) electrons. The first-order valence-electron chi connectivity index (χ1n) is 5.06. The summed E-state index contributed by atoms with van der Waals surface area (Å²) in [5.41, 5.74) is -1.75. The van der Waals surface area contributed by atoms with E-state index in [0.717, 1.165) is 0 Å². The molecule has 3 nitrogen and oxygen atoms in total. The van der Waals surface area contributed by atoms with Gasteiger partial charge in [-0.25, -0.2) is 13.2 Å². The maximum Gasteiger partial charge on any atom is 0.309 e. The van der Waals surface area contributed by atoms with Crippen LogP contribution in [0, 0.1) is 22.9 Å². The van der Waals surface area contributed by atoms with Gasteiger partial charge in [0.2, 0.25) is 0 Å². The van der Waals surface area contributed by atoms with Crippen molar-refractivity contribution >= 4 is 11.8 Å². The highest BCUT2D eigenvalue weighted by atomic mass is 19.2. The van der Waals surface area contributed by atoms with E-state index in [0.29, 0.717) is 12.1 Å². The maximum absolute atomic E-state index is 12.9. The molecule has 0 bridgehead atoms. The normalized spacial score (nSPS) is 11.4. The molecule has 18 heavy (non-hydrogen) atoms. The molecule has 98 valence electrons. The Bertz CT molecular complexity index is 486. The highest BCUT2D eigenvalue weighted by Crippen LogP contribution is 2.24. The smallest absolute Gasteiger partial charge is 0.309 e. The van der Waals surface area contributed by atoms with Gasteiger partial charge in [0, 0.05) is 12.0 Å². The Morgan fingerprint density at radius 1 is 1.17 bits per heavy atom. The third-order valence-corrected chi connectivity index (χ3v) is 2.49. The van der Waals surface area contributed by atoms with Crippen molar-refractivity contribution < 1.29 is 27.9 Å². The Morgan fingerprint density at radius 3 is 2.00 bits per heavy atom. The van der Waals surface area contributed by atoms with Gasteiger partial charge < -0.3 is 5.11 Å². The van der Waals surface area contributed by atoms with Gasteiger partial charge in [-0.05, 0) is 26.0 Å². The number of carbonyl (C=O) groups excluding carboxylic acids is 1. The molecule has 0 aliphatic rings. The number of aliphatic carboxylic acids is 1. The predicted octanol–water partition coefficient (Wildman–Crippen LogP) is 2.79. The SMILES string of the molecule is CC(C)(CC(=O)c1cc(F)c(F)c(F)c1)C(=O)O. The van der Waals surface area contributed by atoms with Gasteiger partial charge in [-0.1, -0.05) is 0 Å². The fourth-order valence-corrected chi connectivity index (χ4v) is 1.30. The standard InChI is InChI=1S/C12H11F3O3/c1-12(2,11(17)18)5-9(16)6-3-7(13)10(15)8(14)4-6/h3-4H,5H2,1-2H3,(H,17,18). The molecular formula is C12H11F3O3. The van der Waals surface area contributed by atoms with Crippen molar-refractivity contribution in [2.24, 2.45) is 5.41 Å². The summed E-state index contributed by atoms with van der Waals surface area (Å²) in [4.78, 5) is 22.5. The van der Waals surface area contributed by atoms with Crippen LogP contribution in [-0.2, 0) is 4.79 Å². The summed E-state index contributed by atoms with van der Waals surface area (Å²) in [5.74, 6) is -6.60. The van der Waals surface area contributed by atoms with Crippen LogP contribution in [0.3, 0.4) is 0 Å². The minimum Gasteiger partial charge on any atom is -0.481 e. The molecule has 0 atom stereocenters. The molecule has 0 aliphatic carbocycles. The molecule has 0 fully saturated rings. The van der Waals surface area contributed by atoms with E-state index >= 15 is 0 Å². The van der Waals surface area contributed by atoms with Gasteiger partial charge in [0.15, 0.2) is 23.2 Å². The van der Waals surface area contributed by atoms with Crippen LogP contribution in [0.2, 0.25) is 0 Å². The van der Waals surface area contributed by atoms with E-state index in [9.17, 15) is 22.8 Å². The van der Waals surface area contributed by atoms with Crippen molar-refractivity contribution in [3.63, 3.8) is 0 Å². The monoisotopic (exact) mass is 260 g/mol. The number of rotatable bonds is 4. The number of Topliss-reactive ketones (excluding diaryl/α,β-unsaturated/α-hetero) is 1. The van der Waals surface area contributed by atoms with Crippen molar-refractivity contribution in [3.8, 4) is 0 Å². The summed E-state index contributed by atoms with van der Waals surface area (Å²) < 4.78 is 38.5. The third-order valence-electron chi connectivity index (χ3n) is 2.49. The van der Waals surface area contributed by atoms with E-state index in [1.54, 1.807) is 0 Å². The summed E-state index contributed by atoms with van der Waals surface area (Å²) >= 11 is 0. The first-order chi connectivity index (χ1) is 8.15. The van der Waals surface area contributed by atoms with Crippen LogP contribution < -0.4 is 0 Å². The van der Waals surface area contributed by atoms with E-state index in [4.69, 9.17) is 5.11 Å². The summed E-state index contributed by atoms with van der Waals surface area (Å²) in [5, 5.41) is 8.83. The molecule has 1 aromatic carbocycles. The number of hydrogen-bond acceptors (Lipinski definition) is 2. The zero-order valence-electron chi connectivity index (χ0n) is 9.76. The predicted molar refractivity (Wildman–Crippen MR) is 56.7 cm³/mol. The molecule has 0 amide bonds. The van der Waals surface area contributed by atoms with Crippen LogP contribution in [0.15, 0.2) is 12.1 Å². The average Bonchev–Trinajstić information content (AvgIpc) is 2.24. The van der Waals surface area contributed by atoms with Crippen molar-refractivity contribution in [2.45, 2.75) is 20.3 Å². The summed E-state index contributed by atoms with van der Waals surface area (Å²) in [7, 11) is 0. The van der Waals surface area contributed by atoms with Crippen LogP contribution in [0.4, 0.5) is 13.2 Å². The quantitative estimate of drug-likeness (QED) is 0.669. The average molecular weight is 260 g/mol. The van der Waals surface area contributed by atoms with Crippen molar-refractivity contribution in [3.05, 3.63) is 35.1 Å². The molecule has 0 saturated carbocycles. The van der Waals surface area contributed by atoms with Crippen LogP contribution in [0.1, 0.15) is 30.6 Å². The fourth-order valence-electron chi connectivity index (χ4n) is 1.30. The first-order valence-corrected chi connectivity index (χ1v) is 5.06. The lowest BCUT2D eigenvalue weighted by molar-refractivity contribution is -0.146. The van der Waals surface area contributed by atoms with Gasteiger partial charge in [-0.15, -0.1) is 0 Å². The molecule has 6 heteroatoms. The lowest BCUT2D eigenvalue weighted by Gasteiger charge is -2.17. The number of ketones is 1. The first kappa shape index (κ1) is 14.2. The summed E-state index contributed by atoms with van der Waals surface area (Å²) in [6, 6.07) is 1.11. The molecule has 1 rings (SSSR count). The summed E-state index contributed by atoms with van der Waals surface area (Å²) in [6.45, 7) is 2.62. The van der Waals surface area contributed by atoms with Crippen LogP contribution in [0.25, 0.3) is 0 Å². The number of carbonyl (C=O) groups is 2. The van der Waals surface area contributed by atoms with Gasteiger partial charge in [0.05, 0.1) is 5.41 Å². The second-order valence-electron chi connectivity index (χ2n) is 4.54. The highest BCUT2D eigenvalue weighted by Gasteiger charge is 2.31. The topological polar surface area (TPSA) is 54.4 Å². The van der Waals surface area contributed by atoms with Gasteiger partial charge >= 0.3 is 5.97 Å². The van der Waals surface area contributed by atoms with Gasteiger partial charge in [-0.3, -0.25) is 9.59 Å². The van der Waals surface area contributed by atoms with Gasteiger partial charge in [-0.2, -0.15) is 0 Å². The zero-order valence-corrected chi connectivity index (χ0v) is 9.76. The maximum atomic E-state index is 12.9. The summed E-state index contributed by atoms with van der Waals surface area (Å²) in [6.07, 6.45) is -0.438. The molecule has 1 aromatic rings. The Balaban J connectivity index is 3.03. The van der Waals surface area contributed by atoms with Crippen LogP contribution in [0.5, 0.6) is 0 Å². The lowest BCUT2D eigenvalue weighted by atomic mass is 9.85. The second-order valence-corrected chi connectivity index (χ2v) is 4.54. The van der Waals surface area contributed by atoms with E-state index in [-0.39, 0.29) is 5.56 Å². The largest absolute Gasteiger partial charge is 0.481 e. The van der Waals surface area contributed by atoms with Crippen molar-refractivity contribution in [2.75, 3.05) is 0 Å². The molecule has 0 unspecified atom stereocenters. The molecule has 1 N–H and O–H groups in total. The van der Waals surface area contributed by atoms with Crippen LogP contribution >= 0.6 is 0 Å². The highest BCUT2D eigenvalue weighted by molar-refractivity contribution is 5.98. The molecule has 0 aromatic heterocycles. The van der Waals surface area contributed by atoms with Crippen LogP contribution in [-0.4, -0.2) is 16.9 Å². The zero-order chi connectivity index (χ0) is 14.1. The van der Waals surface area contributed by atoms with E-state index in [2.05, 4.69) is 0 Å². The number of hydrogen-bond donors (Lipinski definition) is 1. The molecule has 0 heterocycles. The Labute approximate surface area is 101 Å². The van der Waals surface area contributed by atoms with E-state index in [1.807, 2.05) is 0 Å². The molecular weight excluding hydrogens is 249 g/mol. The van der Waals surface area contributed by atoms with Gasteiger partial charge in [0.25, 0.3) is 0 Å². The van der Waals surface area contributed by atoms with Crippen molar-refractivity contribution in [1.82, 2.24) is 0 Å². The molecule has 0 aliphatic heterocycles. The fraction of sp³-hybridized carbons (Fsp3) is 0.333. The van der Waals surface area contributed by atoms with Crippen molar-refractivity contribution in [1.29, 1.82) is 0 Å². The number of benzene rings is 1. The molecule has 0 spiro atoms. The minimum atomic E-state index is -1.66.